The average Bonchev–Trinajstić information content (AvgIpc) is 2.90. The molecule has 3 rings (SSSR count). The summed E-state index contributed by atoms with van der Waals surface area (Å²) < 4.78 is 0. The number of nitrogens with two attached hydrogens (primary N) is 1. The van der Waals surface area contributed by atoms with Gasteiger partial charge in [0.25, 0.3) is 0 Å². The quantitative estimate of drug-likeness (QED) is 0.425. The third-order valence-electron chi connectivity index (χ3n) is 4.68. The molecule has 0 radical (unpaired) electrons. The van der Waals surface area contributed by atoms with E-state index in [2.05, 4.69) is 20.5 Å². The van der Waals surface area contributed by atoms with Gasteiger partial charge < -0.3 is 21.3 Å². The number of carboxylic acid groups (broad SMARTS) is 2. The van der Waals surface area contributed by atoms with Crippen molar-refractivity contribution in [2.45, 2.75) is 35.3 Å². The number of carbonyl (C=O) groups excluding carboxylic acids is 1. The van der Waals surface area contributed by atoms with Crippen molar-refractivity contribution in [3.63, 3.8) is 0 Å². The maximum absolute atomic E-state index is 12.0. The van der Waals surface area contributed by atoms with Gasteiger partial charge in [0.2, 0.25) is 5.91 Å². The number of aromatic amines is 1. The number of carboxylic acids is 2. The minimum Gasteiger partial charge on any atom is -0.481 e. The van der Waals surface area contributed by atoms with E-state index in [-0.39, 0.29) is 17.6 Å². The summed E-state index contributed by atoms with van der Waals surface area (Å²) in [6.07, 6.45) is 1.42. The Bertz CT molecular complexity index is 680. The predicted octanol–water partition coefficient (Wildman–Crippen LogP) is -1.10. The van der Waals surface area contributed by atoms with E-state index < -0.39 is 41.3 Å². The van der Waals surface area contributed by atoms with Crippen molar-refractivity contribution in [2.24, 2.45) is 23.5 Å². The molecular weight excluding hydrogens is 338 g/mol. The largest absolute Gasteiger partial charge is 0.481 e. The molecule has 0 aromatic carbocycles. The number of aromatic nitrogens is 3. The molecule has 0 spiro atoms. The van der Waals surface area contributed by atoms with Gasteiger partial charge in [0, 0.05) is 11.2 Å². The molecule has 0 bridgehead atoms. The van der Waals surface area contributed by atoms with Crippen molar-refractivity contribution in [3.05, 3.63) is 6.33 Å². The molecule has 0 saturated heterocycles. The third kappa shape index (κ3) is 2.53. The summed E-state index contributed by atoms with van der Waals surface area (Å²) >= 11 is 1.25. The number of amides is 1. The highest BCUT2D eigenvalue weighted by atomic mass is 32.2. The van der Waals surface area contributed by atoms with Crippen LogP contribution in [0.4, 0.5) is 0 Å². The molecule has 2 aliphatic rings. The first-order valence-electron chi connectivity index (χ1n) is 7.33. The fraction of sp³-hybridized carbons (Fsp3) is 0.615. The fourth-order valence-electron chi connectivity index (χ4n) is 3.61. The van der Waals surface area contributed by atoms with Gasteiger partial charge in [-0.1, -0.05) is 11.8 Å². The highest BCUT2D eigenvalue weighted by Crippen LogP contribution is 2.65. The molecule has 130 valence electrons. The summed E-state index contributed by atoms with van der Waals surface area (Å²) in [5.74, 6) is -4.76. The monoisotopic (exact) mass is 355 g/mol. The zero-order chi connectivity index (χ0) is 17.6. The summed E-state index contributed by atoms with van der Waals surface area (Å²) in [5, 5.41) is 28.2. The third-order valence-corrected chi connectivity index (χ3v) is 5.88. The first-order valence-corrected chi connectivity index (χ1v) is 8.21. The number of nitrogens with one attached hydrogen (secondary N) is 2. The van der Waals surface area contributed by atoms with Gasteiger partial charge in [-0.05, 0) is 19.3 Å². The van der Waals surface area contributed by atoms with Crippen LogP contribution in [0.2, 0.25) is 0 Å². The Morgan fingerprint density at radius 3 is 2.71 bits per heavy atom. The van der Waals surface area contributed by atoms with E-state index in [0.717, 1.165) is 0 Å². The highest BCUT2D eigenvalue weighted by molar-refractivity contribution is 7.99. The van der Waals surface area contributed by atoms with Gasteiger partial charge in [0.1, 0.15) is 11.9 Å². The maximum Gasteiger partial charge on any atom is 0.329 e. The lowest BCUT2D eigenvalue weighted by Crippen LogP contribution is -2.59. The molecular formula is C13H17N5O5S. The molecule has 1 aromatic rings. The first kappa shape index (κ1) is 16.7. The normalized spacial score (nSPS) is 35.1. The zero-order valence-corrected chi connectivity index (χ0v) is 13.5. The van der Waals surface area contributed by atoms with E-state index in [1.165, 1.54) is 25.0 Å². The number of aliphatic carboxylic acids is 2. The molecule has 0 unspecified atom stereocenters. The second kappa shape index (κ2) is 5.74. The molecule has 1 amide bonds. The average molecular weight is 355 g/mol. The van der Waals surface area contributed by atoms with Crippen LogP contribution in [-0.4, -0.2) is 60.1 Å². The van der Waals surface area contributed by atoms with Crippen LogP contribution in [0, 0.1) is 17.8 Å². The Balaban J connectivity index is 1.90. The molecule has 0 aliphatic heterocycles. The number of hydrogen-bond acceptors (Lipinski definition) is 7. The first-order chi connectivity index (χ1) is 11.3. The Kier molecular flexibility index (Phi) is 4.00. The number of rotatable bonds is 6. The number of thioether (sulfide) groups is 1. The number of nitrogens with zero attached hydrogens (tertiary/aromatic N) is 2. The van der Waals surface area contributed by atoms with Crippen molar-refractivity contribution in [1.82, 2.24) is 20.5 Å². The lowest BCUT2D eigenvalue weighted by Gasteiger charge is -2.30. The van der Waals surface area contributed by atoms with Gasteiger partial charge in [0.05, 0.1) is 12.0 Å². The van der Waals surface area contributed by atoms with Gasteiger partial charge in [-0.15, -0.1) is 0 Å². The molecule has 2 saturated carbocycles. The lowest BCUT2D eigenvalue weighted by molar-refractivity contribution is -0.149. The number of carbonyl (C=O) groups is 3. The Labute approximate surface area is 140 Å². The summed E-state index contributed by atoms with van der Waals surface area (Å²) in [6.45, 7) is 1.44. The van der Waals surface area contributed by atoms with Crippen LogP contribution in [-0.2, 0) is 14.4 Å². The van der Waals surface area contributed by atoms with Crippen LogP contribution in [0.3, 0.4) is 0 Å². The summed E-state index contributed by atoms with van der Waals surface area (Å²) in [6, 6.07) is -0.886. The van der Waals surface area contributed by atoms with E-state index in [1.54, 1.807) is 0 Å². The smallest absolute Gasteiger partial charge is 0.329 e. The standard InChI is InChI=1S/C13H17N5O5S/c1-4(14)9(19)17-13(11(22)23)2-5(24-12-15-3-16-18-12)6-7(8(6)13)10(20)21/h3-8H,2,14H2,1H3,(H,17,19)(H,20,21)(H,22,23)(H,15,16,18)/t4-,5-,6+,7+,8-,13+/m0/s1. The molecule has 6 N–H and O–H groups in total. The lowest BCUT2D eigenvalue weighted by atomic mass is 9.89. The molecule has 1 aromatic heterocycles. The molecule has 11 heteroatoms. The van der Waals surface area contributed by atoms with Gasteiger partial charge >= 0.3 is 11.9 Å². The van der Waals surface area contributed by atoms with Gasteiger partial charge in [-0.3, -0.25) is 14.7 Å². The van der Waals surface area contributed by atoms with Crippen LogP contribution < -0.4 is 11.1 Å². The number of hydrogen-bond donors (Lipinski definition) is 5. The molecule has 24 heavy (non-hydrogen) atoms. The van der Waals surface area contributed by atoms with Crippen LogP contribution in [0.5, 0.6) is 0 Å². The maximum atomic E-state index is 12.0. The highest BCUT2D eigenvalue weighted by Gasteiger charge is 2.75. The van der Waals surface area contributed by atoms with E-state index in [9.17, 15) is 24.6 Å². The molecule has 1 heterocycles. The van der Waals surface area contributed by atoms with Crippen molar-refractivity contribution in [3.8, 4) is 0 Å². The topological polar surface area (TPSA) is 171 Å². The van der Waals surface area contributed by atoms with Gasteiger partial charge in [0.15, 0.2) is 5.16 Å². The van der Waals surface area contributed by atoms with Crippen LogP contribution in [0.25, 0.3) is 0 Å². The van der Waals surface area contributed by atoms with Crippen LogP contribution >= 0.6 is 11.8 Å². The predicted molar refractivity (Wildman–Crippen MR) is 80.9 cm³/mol. The summed E-state index contributed by atoms with van der Waals surface area (Å²) in [5.41, 5.74) is 3.89. The number of fused-ring (bicyclic) bond motifs is 1. The minimum absolute atomic E-state index is 0.102. The van der Waals surface area contributed by atoms with Gasteiger partial charge in [-0.2, -0.15) is 5.10 Å². The Hall–Kier alpha value is -2.14. The van der Waals surface area contributed by atoms with Crippen molar-refractivity contribution >= 4 is 29.6 Å². The van der Waals surface area contributed by atoms with E-state index in [4.69, 9.17) is 5.73 Å². The molecule has 6 atom stereocenters. The zero-order valence-electron chi connectivity index (χ0n) is 12.7. The molecule has 10 nitrogen and oxygen atoms in total. The minimum atomic E-state index is -1.63. The van der Waals surface area contributed by atoms with Gasteiger partial charge in [-0.25, -0.2) is 9.78 Å². The van der Waals surface area contributed by atoms with Crippen LogP contribution in [0.15, 0.2) is 11.5 Å². The van der Waals surface area contributed by atoms with E-state index >= 15 is 0 Å². The fourth-order valence-corrected chi connectivity index (χ4v) is 4.95. The Morgan fingerprint density at radius 1 is 1.50 bits per heavy atom. The Morgan fingerprint density at radius 2 is 2.21 bits per heavy atom. The van der Waals surface area contributed by atoms with E-state index in [1.807, 2.05) is 0 Å². The van der Waals surface area contributed by atoms with Crippen molar-refractivity contribution in [2.75, 3.05) is 0 Å². The van der Waals surface area contributed by atoms with Crippen LogP contribution in [0.1, 0.15) is 13.3 Å². The van der Waals surface area contributed by atoms with E-state index in [0.29, 0.717) is 5.16 Å². The second-order valence-corrected chi connectivity index (χ2v) is 7.40. The van der Waals surface area contributed by atoms with Crippen molar-refractivity contribution < 1.29 is 24.6 Å². The van der Waals surface area contributed by atoms with Crippen molar-refractivity contribution in [1.29, 1.82) is 0 Å². The second-order valence-electron chi connectivity index (χ2n) is 6.17. The molecule has 2 aliphatic carbocycles. The molecule has 2 fully saturated rings. The summed E-state index contributed by atoms with van der Waals surface area (Å²) in [4.78, 5) is 39.4. The number of H-pyrrole nitrogens is 1. The SMILES string of the molecule is C[C@H](N)C(=O)N[C@]1(C(=O)O)C[C@H](Sc2ncn[nH]2)[C@@H]2[C@@H](C(=O)O)[C@H]21. The summed E-state index contributed by atoms with van der Waals surface area (Å²) in [7, 11) is 0.